The minimum absolute atomic E-state index is 0.0124. The molecule has 1 aromatic carbocycles. The molecule has 1 aromatic heterocycles. The fourth-order valence-corrected chi connectivity index (χ4v) is 4.07. The molecule has 24 heavy (non-hydrogen) atoms. The van der Waals surface area contributed by atoms with Crippen LogP contribution < -0.4 is 5.43 Å². The van der Waals surface area contributed by atoms with E-state index >= 15 is 0 Å². The van der Waals surface area contributed by atoms with Gasteiger partial charge in [-0.3, -0.25) is 4.79 Å². The van der Waals surface area contributed by atoms with Crippen LogP contribution in [0.2, 0.25) is 5.02 Å². The van der Waals surface area contributed by atoms with Crippen LogP contribution in [0.3, 0.4) is 0 Å². The van der Waals surface area contributed by atoms with Gasteiger partial charge < -0.3 is 4.98 Å². The van der Waals surface area contributed by atoms with E-state index in [0.29, 0.717) is 5.25 Å². The summed E-state index contributed by atoms with van der Waals surface area (Å²) >= 11 is 8.12. The first kappa shape index (κ1) is 19.1. The zero-order valence-corrected chi connectivity index (χ0v) is 17.1. The number of H-pyrrole nitrogens is 1. The first-order valence-corrected chi connectivity index (χ1v) is 9.48. The normalized spacial score (nSPS) is 12.0. The summed E-state index contributed by atoms with van der Waals surface area (Å²) in [4.78, 5) is 16.7. The average molecular weight is 364 g/mol. The summed E-state index contributed by atoms with van der Waals surface area (Å²) in [5.41, 5.74) is 5.00. The highest BCUT2D eigenvalue weighted by molar-refractivity contribution is 7.99. The second-order valence-electron chi connectivity index (χ2n) is 7.56. The monoisotopic (exact) mass is 363 g/mol. The third-order valence-corrected chi connectivity index (χ3v) is 5.45. The predicted molar refractivity (Wildman–Crippen MR) is 107 cm³/mol. The summed E-state index contributed by atoms with van der Waals surface area (Å²) in [7, 11) is 0. The third kappa shape index (κ3) is 4.07. The van der Waals surface area contributed by atoms with Crippen molar-refractivity contribution in [3.63, 3.8) is 0 Å². The largest absolute Gasteiger partial charge is 0.357 e. The van der Waals surface area contributed by atoms with Gasteiger partial charge in [0.05, 0.1) is 4.90 Å². The zero-order valence-electron chi connectivity index (χ0n) is 15.5. The average Bonchev–Trinajstić information content (AvgIpc) is 2.43. The standard InChI is InChI=1S/C20H26ClNOS/c1-11(2)24-19-13(4)22-17(10-18(19)23)14-9-16(21)15(8-12(14)3)20(5,6)7/h8-11H,1-7H3,(H,22,23). The van der Waals surface area contributed by atoms with Crippen LogP contribution in [-0.4, -0.2) is 10.2 Å². The lowest BCUT2D eigenvalue weighted by molar-refractivity contribution is 0.590. The Labute approximate surface area is 154 Å². The van der Waals surface area contributed by atoms with Gasteiger partial charge in [0.25, 0.3) is 0 Å². The van der Waals surface area contributed by atoms with Crippen LogP contribution in [0.15, 0.2) is 27.9 Å². The molecule has 0 saturated carbocycles. The van der Waals surface area contributed by atoms with Crippen molar-refractivity contribution in [3.05, 3.63) is 50.3 Å². The summed E-state index contributed by atoms with van der Waals surface area (Å²) in [6.45, 7) is 14.6. The van der Waals surface area contributed by atoms with Crippen LogP contribution in [0.5, 0.6) is 0 Å². The molecular formula is C20H26ClNOS. The van der Waals surface area contributed by atoms with Crippen LogP contribution in [0, 0.1) is 13.8 Å². The molecule has 0 fully saturated rings. The fraction of sp³-hybridized carbons (Fsp3) is 0.450. The number of thioether (sulfide) groups is 1. The Hall–Kier alpha value is -1.19. The maximum absolute atomic E-state index is 12.5. The molecule has 1 heterocycles. The highest BCUT2D eigenvalue weighted by Crippen LogP contribution is 2.35. The SMILES string of the molecule is Cc1cc(C(C)(C)C)c(Cl)cc1-c1cc(=O)c(SC(C)C)c(C)[nH]1. The molecule has 2 aromatic rings. The molecule has 2 nitrogen and oxygen atoms in total. The van der Waals surface area contributed by atoms with Crippen LogP contribution in [0.25, 0.3) is 11.3 Å². The number of hydrogen-bond donors (Lipinski definition) is 1. The van der Waals surface area contributed by atoms with Crippen molar-refractivity contribution in [2.75, 3.05) is 0 Å². The Bertz CT molecular complexity index is 816. The lowest BCUT2D eigenvalue weighted by Gasteiger charge is -2.22. The van der Waals surface area contributed by atoms with Gasteiger partial charge in [-0.2, -0.15) is 0 Å². The summed E-state index contributed by atoms with van der Waals surface area (Å²) in [6.07, 6.45) is 0. The van der Waals surface area contributed by atoms with Gasteiger partial charge in [0, 0.05) is 33.3 Å². The molecule has 0 aliphatic heterocycles. The number of hydrogen-bond acceptors (Lipinski definition) is 2. The Balaban J connectivity index is 2.58. The topological polar surface area (TPSA) is 32.9 Å². The van der Waals surface area contributed by atoms with Crippen LogP contribution in [0.1, 0.15) is 51.4 Å². The molecule has 0 aliphatic carbocycles. The van der Waals surface area contributed by atoms with E-state index in [1.807, 2.05) is 13.0 Å². The Morgan fingerprint density at radius 3 is 2.25 bits per heavy atom. The number of pyridine rings is 1. The lowest BCUT2D eigenvalue weighted by Crippen LogP contribution is -2.13. The van der Waals surface area contributed by atoms with Crippen molar-refractivity contribution in [3.8, 4) is 11.3 Å². The van der Waals surface area contributed by atoms with E-state index in [9.17, 15) is 4.79 Å². The molecule has 0 amide bonds. The fourth-order valence-electron chi connectivity index (χ4n) is 2.75. The van der Waals surface area contributed by atoms with Gasteiger partial charge >= 0.3 is 0 Å². The summed E-state index contributed by atoms with van der Waals surface area (Å²) in [5, 5.41) is 1.11. The van der Waals surface area contributed by atoms with Gasteiger partial charge in [-0.15, -0.1) is 11.8 Å². The van der Waals surface area contributed by atoms with Crippen molar-refractivity contribution in [2.45, 2.75) is 64.0 Å². The highest BCUT2D eigenvalue weighted by atomic mass is 35.5. The lowest BCUT2D eigenvalue weighted by atomic mass is 9.85. The molecule has 2 rings (SSSR count). The maximum atomic E-state index is 12.5. The zero-order chi connectivity index (χ0) is 18.2. The molecule has 0 unspecified atom stereocenters. The van der Waals surface area contributed by atoms with Crippen molar-refractivity contribution in [2.24, 2.45) is 0 Å². The van der Waals surface area contributed by atoms with E-state index in [-0.39, 0.29) is 10.8 Å². The second-order valence-corrected chi connectivity index (χ2v) is 9.56. The number of aromatic nitrogens is 1. The second kappa shape index (κ2) is 6.97. The molecular weight excluding hydrogens is 338 g/mol. The first-order valence-electron chi connectivity index (χ1n) is 8.22. The Morgan fingerprint density at radius 1 is 1.12 bits per heavy atom. The number of benzene rings is 1. The first-order chi connectivity index (χ1) is 11.0. The minimum Gasteiger partial charge on any atom is -0.357 e. The van der Waals surface area contributed by atoms with E-state index in [4.69, 9.17) is 11.6 Å². The summed E-state index contributed by atoms with van der Waals surface area (Å²) < 4.78 is 0. The molecule has 0 spiro atoms. The van der Waals surface area contributed by atoms with Crippen molar-refractivity contribution >= 4 is 23.4 Å². The minimum atomic E-state index is -0.0124. The number of nitrogens with one attached hydrogen (secondary N) is 1. The smallest absolute Gasteiger partial charge is 0.196 e. The van der Waals surface area contributed by atoms with E-state index in [0.717, 1.165) is 38.0 Å². The van der Waals surface area contributed by atoms with Crippen molar-refractivity contribution in [1.82, 2.24) is 4.98 Å². The summed E-state index contributed by atoms with van der Waals surface area (Å²) in [5.74, 6) is 0. The van der Waals surface area contributed by atoms with Gasteiger partial charge in [0.15, 0.2) is 5.43 Å². The van der Waals surface area contributed by atoms with Crippen LogP contribution in [0.4, 0.5) is 0 Å². The number of aryl methyl sites for hydroxylation is 2. The van der Waals surface area contributed by atoms with Gasteiger partial charge in [-0.25, -0.2) is 0 Å². The summed E-state index contributed by atoms with van der Waals surface area (Å²) in [6, 6.07) is 5.78. The number of halogens is 1. The van der Waals surface area contributed by atoms with Gasteiger partial charge in [-0.1, -0.05) is 52.3 Å². The quantitative estimate of drug-likeness (QED) is 0.667. The molecule has 0 bridgehead atoms. The molecule has 0 saturated heterocycles. The molecule has 0 aliphatic rings. The highest BCUT2D eigenvalue weighted by Gasteiger charge is 2.20. The molecule has 0 radical (unpaired) electrons. The predicted octanol–water partition coefficient (Wildman–Crippen LogP) is 6.11. The number of aromatic amines is 1. The Kier molecular flexibility index (Phi) is 5.56. The van der Waals surface area contributed by atoms with Crippen LogP contribution >= 0.6 is 23.4 Å². The molecule has 1 N–H and O–H groups in total. The molecule has 130 valence electrons. The maximum Gasteiger partial charge on any atom is 0.196 e. The number of rotatable bonds is 3. The third-order valence-electron chi connectivity index (χ3n) is 3.93. The van der Waals surface area contributed by atoms with E-state index < -0.39 is 0 Å². The van der Waals surface area contributed by atoms with E-state index in [1.54, 1.807) is 17.8 Å². The van der Waals surface area contributed by atoms with Gasteiger partial charge in [0.1, 0.15) is 0 Å². The Morgan fingerprint density at radius 2 is 1.75 bits per heavy atom. The van der Waals surface area contributed by atoms with Crippen LogP contribution in [-0.2, 0) is 5.41 Å². The molecule has 4 heteroatoms. The molecule has 0 atom stereocenters. The van der Waals surface area contributed by atoms with Gasteiger partial charge in [0.2, 0.25) is 0 Å². The van der Waals surface area contributed by atoms with Gasteiger partial charge in [-0.05, 0) is 36.5 Å². The van der Waals surface area contributed by atoms with E-state index in [1.165, 1.54) is 0 Å². The van der Waals surface area contributed by atoms with Crippen molar-refractivity contribution in [1.29, 1.82) is 0 Å². The van der Waals surface area contributed by atoms with E-state index in [2.05, 4.69) is 52.6 Å². The van der Waals surface area contributed by atoms with Crippen molar-refractivity contribution < 1.29 is 0 Å².